The maximum Gasteiger partial charge on any atom is 0.244 e. The summed E-state index contributed by atoms with van der Waals surface area (Å²) in [6.07, 6.45) is 4.00. The van der Waals surface area contributed by atoms with Gasteiger partial charge in [-0.25, -0.2) is 4.98 Å². The van der Waals surface area contributed by atoms with Gasteiger partial charge in [0.25, 0.3) is 0 Å². The van der Waals surface area contributed by atoms with Gasteiger partial charge in [0, 0.05) is 44.5 Å². The van der Waals surface area contributed by atoms with Crippen LogP contribution in [0.3, 0.4) is 0 Å². The molecule has 0 bridgehead atoms. The maximum atomic E-state index is 5.70. The summed E-state index contributed by atoms with van der Waals surface area (Å²) < 4.78 is 11.0. The predicted molar refractivity (Wildman–Crippen MR) is 123 cm³/mol. The van der Waals surface area contributed by atoms with E-state index in [1.165, 1.54) is 5.56 Å². The number of rotatable bonds is 6. The van der Waals surface area contributed by atoms with Gasteiger partial charge in [-0.1, -0.05) is 17.3 Å². The van der Waals surface area contributed by atoms with Gasteiger partial charge in [0.2, 0.25) is 11.7 Å². The molecule has 0 spiro atoms. The first-order valence-corrected chi connectivity index (χ1v) is 11.3. The Morgan fingerprint density at radius 2 is 1.84 bits per heavy atom. The number of benzene rings is 1. The zero-order chi connectivity index (χ0) is 21.9. The first kappa shape index (κ1) is 20.9. The van der Waals surface area contributed by atoms with E-state index in [4.69, 9.17) is 14.2 Å². The Balaban J connectivity index is 1.26. The molecule has 0 aliphatic carbocycles. The number of piperazine rings is 1. The number of likely N-dealkylation sites (tertiary alicyclic amines) is 1. The fraction of sp³-hybridized carbons (Fsp3) is 0.458. The van der Waals surface area contributed by atoms with E-state index in [2.05, 4.69) is 50.1 Å². The molecule has 4 heterocycles. The van der Waals surface area contributed by atoms with Crippen LogP contribution < -0.4 is 9.64 Å². The van der Waals surface area contributed by atoms with Gasteiger partial charge in [0.1, 0.15) is 11.6 Å². The molecular weight excluding hydrogens is 404 g/mol. The number of pyridine rings is 1. The highest BCUT2D eigenvalue weighted by atomic mass is 16.5. The smallest absolute Gasteiger partial charge is 0.244 e. The lowest BCUT2D eigenvalue weighted by Crippen LogP contribution is -2.44. The standard InChI is InChI=1S/C24H30N6O2/c1-28-12-14-29(15-13-28)22-10-7-19(16-25-22)23-26-24(32-27-23)21-4-3-11-30(21)17-18-5-8-20(31-2)9-6-18/h5-10,16,21H,3-4,11-15,17H2,1-2H3/t21-/m0/s1. The Kier molecular flexibility index (Phi) is 6.05. The molecule has 1 aromatic carbocycles. The van der Waals surface area contributed by atoms with Crippen LogP contribution in [0.4, 0.5) is 5.82 Å². The van der Waals surface area contributed by atoms with E-state index in [-0.39, 0.29) is 6.04 Å². The second-order valence-electron chi connectivity index (χ2n) is 8.63. The summed E-state index contributed by atoms with van der Waals surface area (Å²) in [7, 11) is 3.85. The highest BCUT2D eigenvalue weighted by Crippen LogP contribution is 2.33. The fourth-order valence-electron chi connectivity index (χ4n) is 4.49. The van der Waals surface area contributed by atoms with Crippen LogP contribution >= 0.6 is 0 Å². The fourth-order valence-corrected chi connectivity index (χ4v) is 4.49. The van der Waals surface area contributed by atoms with Gasteiger partial charge < -0.3 is 19.1 Å². The molecule has 0 N–H and O–H groups in total. The molecule has 8 heteroatoms. The summed E-state index contributed by atoms with van der Waals surface area (Å²) in [6, 6.07) is 12.5. The van der Waals surface area contributed by atoms with Gasteiger partial charge in [-0.3, -0.25) is 4.90 Å². The predicted octanol–water partition coefficient (Wildman–Crippen LogP) is 3.23. The third-order valence-electron chi connectivity index (χ3n) is 6.47. The Morgan fingerprint density at radius 1 is 1.03 bits per heavy atom. The van der Waals surface area contributed by atoms with Gasteiger partial charge in [-0.15, -0.1) is 0 Å². The molecule has 168 valence electrons. The Hall–Kier alpha value is -2.97. The topological polar surface area (TPSA) is 70.8 Å². The zero-order valence-corrected chi connectivity index (χ0v) is 18.8. The highest BCUT2D eigenvalue weighted by Gasteiger charge is 2.31. The first-order valence-electron chi connectivity index (χ1n) is 11.3. The molecule has 5 rings (SSSR count). The van der Waals surface area contributed by atoms with Crippen molar-refractivity contribution in [3.05, 3.63) is 54.0 Å². The summed E-state index contributed by atoms with van der Waals surface area (Å²) in [5, 5.41) is 4.26. The van der Waals surface area contributed by atoms with E-state index < -0.39 is 0 Å². The molecule has 0 unspecified atom stereocenters. The molecule has 0 saturated carbocycles. The van der Waals surface area contributed by atoms with Crippen molar-refractivity contribution in [2.45, 2.75) is 25.4 Å². The van der Waals surface area contributed by atoms with Crippen LogP contribution in [0.15, 0.2) is 47.1 Å². The zero-order valence-electron chi connectivity index (χ0n) is 18.8. The largest absolute Gasteiger partial charge is 0.497 e. The minimum atomic E-state index is 0.149. The molecule has 2 aliphatic heterocycles. The molecule has 8 nitrogen and oxygen atoms in total. The van der Waals surface area contributed by atoms with Crippen molar-refractivity contribution in [2.75, 3.05) is 51.8 Å². The lowest BCUT2D eigenvalue weighted by molar-refractivity contribution is 0.201. The number of hydrogen-bond donors (Lipinski definition) is 0. The Morgan fingerprint density at radius 3 is 2.56 bits per heavy atom. The van der Waals surface area contributed by atoms with E-state index in [0.29, 0.717) is 11.7 Å². The molecule has 32 heavy (non-hydrogen) atoms. The van der Waals surface area contributed by atoms with Crippen LogP contribution in [0, 0.1) is 0 Å². The number of methoxy groups -OCH3 is 1. The molecule has 3 aromatic rings. The van der Waals surface area contributed by atoms with E-state index in [9.17, 15) is 0 Å². The minimum absolute atomic E-state index is 0.149. The third-order valence-corrected chi connectivity index (χ3v) is 6.47. The van der Waals surface area contributed by atoms with Crippen molar-refractivity contribution in [3.8, 4) is 17.1 Å². The van der Waals surface area contributed by atoms with Crippen molar-refractivity contribution in [1.82, 2.24) is 24.9 Å². The van der Waals surface area contributed by atoms with Gasteiger partial charge in [0.05, 0.1) is 13.2 Å². The van der Waals surface area contributed by atoms with Crippen molar-refractivity contribution in [3.63, 3.8) is 0 Å². The molecule has 2 aromatic heterocycles. The second kappa shape index (κ2) is 9.26. The first-order chi connectivity index (χ1) is 15.7. The average molecular weight is 435 g/mol. The minimum Gasteiger partial charge on any atom is -0.497 e. The number of hydrogen-bond acceptors (Lipinski definition) is 8. The summed E-state index contributed by atoms with van der Waals surface area (Å²) in [5.74, 6) is 3.18. The summed E-state index contributed by atoms with van der Waals surface area (Å²) in [5.41, 5.74) is 2.14. The van der Waals surface area contributed by atoms with Crippen LogP contribution in [0.5, 0.6) is 5.75 Å². The molecular formula is C24H30N6O2. The van der Waals surface area contributed by atoms with Crippen LogP contribution in [0.1, 0.15) is 30.3 Å². The van der Waals surface area contributed by atoms with Gasteiger partial charge in [0.15, 0.2) is 0 Å². The lowest BCUT2D eigenvalue weighted by atomic mass is 10.1. The summed E-state index contributed by atoms with van der Waals surface area (Å²) in [4.78, 5) is 16.5. The quantitative estimate of drug-likeness (QED) is 0.586. The number of aromatic nitrogens is 3. The van der Waals surface area contributed by atoms with Gasteiger partial charge >= 0.3 is 0 Å². The SMILES string of the molecule is COc1ccc(CN2CCC[C@H]2c2nc(-c3ccc(N4CCN(C)CC4)nc3)no2)cc1. The van der Waals surface area contributed by atoms with Crippen molar-refractivity contribution in [1.29, 1.82) is 0 Å². The van der Waals surface area contributed by atoms with Gasteiger partial charge in [-0.2, -0.15) is 4.98 Å². The van der Waals surface area contributed by atoms with E-state index in [1.807, 2.05) is 24.4 Å². The molecule has 2 saturated heterocycles. The van der Waals surface area contributed by atoms with Crippen LogP contribution in [-0.4, -0.2) is 71.8 Å². The number of likely N-dealkylation sites (N-methyl/N-ethyl adjacent to an activating group) is 1. The van der Waals surface area contributed by atoms with Gasteiger partial charge in [-0.05, 0) is 56.3 Å². The summed E-state index contributed by atoms with van der Waals surface area (Å²) in [6.45, 7) is 6.00. The number of ether oxygens (including phenoxy) is 1. The van der Waals surface area contributed by atoms with E-state index in [0.717, 1.165) is 69.2 Å². The number of anilines is 1. The average Bonchev–Trinajstić information content (AvgIpc) is 3.50. The van der Waals surface area contributed by atoms with Crippen molar-refractivity contribution >= 4 is 5.82 Å². The second-order valence-corrected chi connectivity index (χ2v) is 8.63. The van der Waals surface area contributed by atoms with Crippen LogP contribution in [0.25, 0.3) is 11.4 Å². The summed E-state index contributed by atoms with van der Waals surface area (Å²) >= 11 is 0. The molecule has 2 fully saturated rings. The molecule has 0 radical (unpaired) electrons. The third kappa shape index (κ3) is 4.47. The molecule has 0 amide bonds. The van der Waals surface area contributed by atoms with Crippen LogP contribution in [-0.2, 0) is 6.54 Å². The normalized spacial score (nSPS) is 20.1. The Bertz CT molecular complexity index is 1010. The van der Waals surface area contributed by atoms with Crippen LogP contribution in [0.2, 0.25) is 0 Å². The Labute approximate surface area is 188 Å². The van der Waals surface area contributed by atoms with E-state index >= 15 is 0 Å². The maximum absolute atomic E-state index is 5.70. The lowest BCUT2D eigenvalue weighted by Gasteiger charge is -2.33. The van der Waals surface area contributed by atoms with E-state index in [1.54, 1.807) is 7.11 Å². The molecule has 1 atom stereocenters. The van der Waals surface area contributed by atoms with Crippen molar-refractivity contribution in [2.24, 2.45) is 0 Å². The highest BCUT2D eigenvalue weighted by molar-refractivity contribution is 5.56. The monoisotopic (exact) mass is 434 g/mol. The number of nitrogens with zero attached hydrogens (tertiary/aromatic N) is 6. The molecule has 2 aliphatic rings. The van der Waals surface area contributed by atoms with Crippen molar-refractivity contribution < 1.29 is 9.26 Å².